The van der Waals surface area contributed by atoms with Crippen molar-refractivity contribution in [3.05, 3.63) is 35.9 Å². The third-order valence-electron chi connectivity index (χ3n) is 4.20. The van der Waals surface area contributed by atoms with E-state index in [0.717, 1.165) is 32.5 Å². The fourth-order valence-electron chi connectivity index (χ4n) is 2.78. The van der Waals surface area contributed by atoms with E-state index >= 15 is 0 Å². The smallest absolute Gasteiger partial charge is 0.312 e. The topological polar surface area (TPSA) is 55.8 Å². The molecule has 1 aromatic carbocycles. The first-order valence-corrected chi connectivity index (χ1v) is 9.28. The molecule has 0 bridgehead atoms. The largest absolute Gasteiger partial charge is 0.337 e. The molecule has 0 radical (unpaired) electrons. The van der Waals surface area contributed by atoms with Gasteiger partial charge in [-0.25, -0.2) is 0 Å². The van der Waals surface area contributed by atoms with Gasteiger partial charge in [0, 0.05) is 26.7 Å². The van der Waals surface area contributed by atoms with Crippen molar-refractivity contribution in [3.63, 3.8) is 0 Å². The van der Waals surface area contributed by atoms with E-state index in [9.17, 15) is 9.36 Å². The number of Topliss-reactive ketones (excluding diaryl/α,β-unsaturated/α-hetero) is 1. The van der Waals surface area contributed by atoms with Crippen molar-refractivity contribution in [2.24, 2.45) is 5.92 Å². The Hall–Kier alpha value is -1.00. The highest BCUT2D eigenvalue weighted by Gasteiger charge is 2.32. The van der Waals surface area contributed by atoms with E-state index in [1.807, 2.05) is 18.2 Å². The second-order valence-corrected chi connectivity index (χ2v) is 7.90. The van der Waals surface area contributed by atoms with Crippen LogP contribution in [0.3, 0.4) is 0 Å². The molecule has 0 saturated carbocycles. The Morgan fingerprint density at radius 2 is 1.77 bits per heavy atom. The molecule has 1 aliphatic rings. The minimum absolute atomic E-state index is 0.00797. The number of piperidine rings is 1. The summed E-state index contributed by atoms with van der Waals surface area (Å²) < 4.78 is 21.7. The van der Waals surface area contributed by atoms with Crippen LogP contribution in [-0.2, 0) is 25.0 Å². The van der Waals surface area contributed by atoms with E-state index in [-0.39, 0.29) is 17.9 Å². The van der Waals surface area contributed by atoms with Gasteiger partial charge in [-0.15, -0.1) is 0 Å². The maximum Gasteiger partial charge on any atom is 0.337 e. The summed E-state index contributed by atoms with van der Waals surface area (Å²) in [5.41, 5.74) is 1.29. The zero-order chi connectivity index (χ0) is 16.0. The molecule has 1 saturated heterocycles. The molecule has 0 aliphatic carbocycles. The molecule has 5 nitrogen and oxygen atoms in total. The number of carbonyl (C=O) groups is 1. The van der Waals surface area contributed by atoms with Gasteiger partial charge in [-0.3, -0.25) is 14.3 Å². The SMILES string of the molecule is COP(=O)(CC(=O)C1CCN(Cc2ccccc2)CC1)OC. The molecule has 1 aromatic rings. The van der Waals surface area contributed by atoms with E-state index in [2.05, 4.69) is 17.0 Å². The van der Waals surface area contributed by atoms with E-state index in [4.69, 9.17) is 9.05 Å². The van der Waals surface area contributed by atoms with Crippen molar-refractivity contribution in [2.75, 3.05) is 33.5 Å². The van der Waals surface area contributed by atoms with Crippen LogP contribution in [0.4, 0.5) is 0 Å². The Bertz CT molecular complexity index is 518. The second-order valence-electron chi connectivity index (χ2n) is 5.64. The number of rotatable bonds is 7. The van der Waals surface area contributed by atoms with E-state index in [1.165, 1.54) is 19.8 Å². The Labute approximate surface area is 132 Å². The lowest BCUT2D eigenvalue weighted by Crippen LogP contribution is -2.36. The van der Waals surface area contributed by atoms with Crippen LogP contribution < -0.4 is 0 Å². The summed E-state index contributed by atoms with van der Waals surface area (Å²) in [6.07, 6.45) is 1.49. The average molecular weight is 325 g/mol. The number of benzene rings is 1. The predicted molar refractivity (Wildman–Crippen MR) is 85.9 cm³/mol. The third-order valence-corrected chi connectivity index (χ3v) is 6.01. The first kappa shape index (κ1) is 17.4. The van der Waals surface area contributed by atoms with Crippen molar-refractivity contribution in [3.8, 4) is 0 Å². The van der Waals surface area contributed by atoms with E-state index < -0.39 is 7.60 Å². The van der Waals surface area contributed by atoms with Gasteiger partial charge in [0.25, 0.3) is 0 Å². The minimum Gasteiger partial charge on any atom is -0.312 e. The van der Waals surface area contributed by atoms with Gasteiger partial charge in [0.05, 0.1) is 0 Å². The normalized spacial score (nSPS) is 17.5. The quantitative estimate of drug-likeness (QED) is 0.722. The lowest BCUT2D eigenvalue weighted by Gasteiger charge is -2.31. The van der Waals surface area contributed by atoms with Gasteiger partial charge in [0.2, 0.25) is 0 Å². The number of hydrogen-bond acceptors (Lipinski definition) is 5. The standard InChI is InChI=1S/C16H24NO4P/c1-20-22(19,21-2)13-16(18)15-8-10-17(11-9-15)12-14-6-4-3-5-7-14/h3-7,15H,8-13H2,1-2H3. The van der Waals surface area contributed by atoms with Crippen LogP contribution in [0, 0.1) is 5.92 Å². The Morgan fingerprint density at radius 1 is 1.18 bits per heavy atom. The molecule has 2 rings (SSSR count). The number of nitrogens with zero attached hydrogens (tertiary/aromatic N) is 1. The van der Waals surface area contributed by atoms with Crippen LogP contribution in [0.5, 0.6) is 0 Å². The third kappa shape index (κ3) is 4.75. The van der Waals surface area contributed by atoms with Gasteiger partial charge >= 0.3 is 7.60 Å². The second kappa shape index (κ2) is 8.02. The maximum absolute atomic E-state index is 12.2. The summed E-state index contributed by atoms with van der Waals surface area (Å²) in [4.78, 5) is 14.6. The number of hydrogen-bond donors (Lipinski definition) is 0. The average Bonchev–Trinajstić information content (AvgIpc) is 2.56. The summed E-state index contributed by atoms with van der Waals surface area (Å²) in [5.74, 6) is -0.0444. The van der Waals surface area contributed by atoms with Crippen LogP contribution >= 0.6 is 7.60 Å². The molecule has 0 spiro atoms. The fraction of sp³-hybridized carbons (Fsp3) is 0.562. The monoisotopic (exact) mass is 325 g/mol. The molecule has 1 fully saturated rings. The van der Waals surface area contributed by atoms with Gasteiger partial charge in [0.15, 0.2) is 0 Å². The summed E-state index contributed by atoms with van der Waals surface area (Å²) in [6, 6.07) is 10.3. The molecule has 1 aliphatic heterocycles. The first-order chi connectivity index (χ1) is 10.6. The molecule has 0 amide bonds. The number of carbonyl (C=O) groups excluding carboxylic acids is 1. The molecule has 0 aromatic heterocycles. The van der Waals surface area contributed by atoms with Gasteiger partial charge in [-0.1, -0.05) is 30.3 Å². The molecule has 22 heavy (non-hydrogen) atoms. The van der Waals surface area contributed by atoms with Gasteiger partial charge in [0.1, 0.15) is 11.9 Å². The lowest BCUT2D eigenvalue weighted by molar-refractivity contribution is -0.122. The molecule has 122 valence electrons. The predicted octanol–water partition coefficient (Wildman–Crippen LogP) is 2.95. The summed E-state index contributed by atoms with van der Waals surface area (Å²) in [6.45, 7) is 2.68. The zero-order valence-electron chi connectivity index (χ0n) is 13.2. The van der Waals surface area contributed by atoms with E-state index in [0.29, 0.717) is 0 Å². The molecule has 0 N–H and O–H groups in total. The van der Waals surface area contributed by atoms with Crippen molar-refractivity contribution in [1.82, 2.24) is 4.90 Å². The van der Waals surface area contributed by atoms with Crippen molar-refractivity contribution in [1.29, 1.82) is 0 Å². The van der Waals surface area contributed by atoms with Crippen LogP contribution in [0.25, 0.3) is 0 Å². The maximum atomic E-state index is 12.2. The van der Waals surface area contributed by atoms with Gasteiger partial charge in [-0.05, 0) is 31.5 Å². The molecule has 1 heterocycles. The molecule has 0 unspecified atom stereocenters. The Balaban J connectivity index is 1.82. The fourth-order valence-corrected chi connectivity index (χ4v) is 3.83. The Kier molecular flexibility index (Phi) is 6.33. The molecule has 0 atom stereocenters. The van der Waals surface area contributed by atoms with Crippen LogP contribution in [0.15, 0.2) is 30.3 Å². The minimum atomic E-state index is -3.24. The number of likely N-dealkylation sites (tertiary alicyclic amines) is 1. The Morgan fingerprint density at radius 3 is 2.32 bits per heavy atom. The molecular weight excluding hydrogens is 301 g/mol. The zero-order valence-corrected chi connectivity index (χ0v) is 14.1. The lowest BCUT2D eigenvalue weighted by atomic mass is 9.93. The first-order valence-electron chi connectivity index (χ1n) is 7.56. The highest BCUT2D eigenvalue weighted by atomic mass is 31.2. The summed E-state index contributed by atoms with van der Waals surface area (Å²) >= 11 is 0. The van der Waals surface area contributed by atoms with Crippen molar-refractivity contribution >= 4 is 13.4 Å². The van der Waals surface area contributed by atoms with Crippen LogP contribution in [0.2, 0.25) is 0 Å². The molecular formula is C16H24NO4P. The highest BCUT2D eigenvalue weighted by Crippen LogP contribution is 2.47. The van der Waals surface area contributed by atoms with Crippen molar-refractivity contribution < 1.29 is 18.4 Å². The van der Waals surface area contributed by atoms with Crippen LogP contribution in [-0.4, -0.2) is 44.2 Å². The highest BCUT2D eigenvalue weighted by molar-refractivity contribution is 7.54. The van der Waals surface area contributed by atoms with Gasteiger partial charge in [-0.2, -0.15) is 0 Å². The van der Waals surface area contributed by atoms with E-state index in [1.54, 1.807) is 0 Å². The van der Waals surface area contributed by atoms with Crippen LogP contribution in [0.1, 0.15) is 18.4 Å². The summed E-state index contributed by atoms with van der Waals surface area (Å²) in [5, 5.41) is 0. The molecule has 6 heteroatoms. The summed E-state index contributed by atoms with van der Waals surface area (Å²) in [7, 11) is -0.598. The van der Waals surface area contributed by atoms with Crippen molar-refractivity contribution in [2.45, 2.75) is 19.4 Å². The number of ketones is 1. The van der Waals surface area contributed by atoms with Gasteiger partial charge < -0.3 is 9.05 Å².